The fraction of sp³-hybridized carbons (Fsp3) is 0.393. The summed E-state index contributed by atoms with van der Waals surface area (Å²) < 4.78 is 13.4. The molecule has 1 aromatic heterocycles. The summed E-state index contributed by atoms with van der Waals surface area (Å²) >= 11 is 0. The molecule has 2 heterocycles. The van der Waals surface area contributed by atoms with Gasteiger partial charge in [-0.1, -0.05) is 18.2 Å². The fourth-order valence-electron chi connectivity index (χ4n) is 4.87. The lowest BCUT2D eigenvalue weighted by Gasteiger charge is -2.26. The van der Waals surface area contributed by atoms with Crippen LogP contribution in [0.2, 0.25) is 0 Å². The van der Waals surface area contributed by atoms with Crippen molar-refractivity contribution < 1.29 is 19.1 Å². The Morgan fingerprint density at radius 1 is 0.944 bits per heavy atom. The summed E-state index contributed by atoms with van der Waals surface area (Å²) in [6.07, 6.45) is 6.07. The van der Waals surface area contributed by atoms with Crippen LogP contribution in [-0.2, 0) is 17.6 Å². The molecule has 2 amide bonds. The normalized spacial score (nSPS) is 14.9. The molecule has 0 atom stereocenters. The maximum atomic E-state index is 13.3. The van der Waals surface area contributed by atoms with E-state index >= 15 is 0 Å². The Morgan fingerprint density at radius 3 is 2.53 bits per heavy atom. The van der Waals surface area contributed by atoms with Gasteiger partial charge in [0, 0.05) is 24.2 Å². The van der Waals surface area contributed by atoms with Gasteiger partial charge in [0.1, 0.15) is 5.82 Å². The minimum atomic E-state index is -0.251. The number of nitrogens with zero attached hydrogens (tertiary/aromatic N) is 3. The maximum Gasteiger partial charge on any atom is 0.260 e. The number of fused-ring (bicyclic) bond motifs is 1. The highest BCUT2D eigenvalue weighted by atomic mass is 16.5. The lowest BCUT2D eigenvalue weighted by molar-refractivity contribution is -0.134. The van der Waals surface area contributed by atoms with Gasteiger partial charge < -0.3 is 19.7 Å². The number of nitrogens with one attached hydrogen (secondary N) is 1. The van der Waals surface area contributed by atoms with Crippen LogP contribution in [0.3, 0.4) is 0 Å². The molecule has 5 rings (SSSR count). The van der Waals surface area contributed by atoms with Crippen LogP contribution < -0.4 is 14.8 Å². The zero-order valence-corrected chi connectivity index (χ0v) is 20.7. The van der Waals surface area contributed by atoms with E-state index in [-0.39, 0.29) is 18.4 Å². The molecule has 1 saturated heterocycles. The number of likely N-dealkylation sites (tertiary alicyclic amines) is 1. The van der Waals surface area contributed by atoms with E-state index in [1.807, 2.05) is 46.8 Å². The first-order valence-corrected chi connectivity index (χ1v) is 12.8. The van der Waals surface area contributed by atoms with Crippen molar-refractivity contribution in [2.24, 2.45) is 0 Å². The minimum Gasteiger partial charge on any atom is -0.490 e. The number of benzene rings is 2. The van der Waals surface area contributed by atoms with Gasteiger partial charge in [-0.2, -0.15) is 5.10 Å². The Bertz CT molecular complexity index is 1230. The Kier molecular flexibility index (Phi) is 7.21. The van der Waals surface area contributed by atoms with E-state index in [2.05, 4.69) is 5.32 Å². The van der Waals surface area contributed by atoms with Crippen LogP contribution in [0, 0.1) is 0 Å². The lowest BCUT2D eigenvalue weighted by Crippen LogP contribution is -2.38. The van der Waals surface area contributed by atoms with Crippen molar-refractivity contribution in [2.75, 3.05) is 31.6 Å². The first kappa shape index (κ1) is 23.9. The summed E-state index contributed by atoms with van der Waals surface area (Å²) in [5.41, 5.74) is 3.47. The molecule has 1 fully saturated rings. The number of piperidine rings is 1. The summed E-state index contributed by atoms with van der Waals surface area (Å²) in [5, 5.41) is 7.86. The Balaban J connectivity index is 1.34. The topological polar surface area (TPSA) is 85.7 Å². The monoisotopic (exact) mass is 488 g/mol. The zero-order valence-electron chi connectivity index (χ0n) is 20.7. The summed E-state index contributed by atoms with van der Waals surface area (Å²) in [6.45, 7) is 3.80. The number of aryl methyl sites for hydroxylation is 1. The van der Waals surface area contributed by atoms with E-state index < -0.39 is 0 Å². The van der Waals surface area contributed by atoms with Crippen molar-refractivity contribution in [3.8, 4) is 17.2 Å². The first-order valence-electron chi connectivity index (χ1n) is 12.8. The third kappa shape index (κ3) is 5.08. The van der Waals surface area contributed by atoms with Crippen molar-refractivity contribution in [1.29, 1.82) is 0 Å². The van der Waals surface area contributed by atoms with Gasteiger partial charge in [-0.05, 0) is 75.8 Å². The molecule has 1 aliphatic carbocycles. The average Bonchev–Trinajstić information content (AvgIpc) is 3.51. The second-order valence-electron chi connectivity index (χ2n) is 9.15. The molecule has 3 aromatic rings. The number of rotatable bonds is 8. The number of aromatic nitrogens is 2. The molecule has 2 aliphatic rings. The number of hydrogen-bond donors (Lipinski definition) is 1. The van der Waals surface area contributed by atoms with Gasteiger partial charge in [0.05, 0.1) is 18.0 Å². The van der Waals surface area contributed by atoms with Crippen LogP contribution in [0.5, 0.6) is 11.5 Å². The third-order valence-corrected chi connectivity index (χ3v) is 6.71. The predicted molar refractivity (Wildman–Crippen MR) is 137 cm³/mol. The van der Waals surface area contributed by atoms with Gasteiger partial charge in [-0.3, -0.25) is 9.59 Å². The average molecular weight is 489 g/mol. The molecule has 8 nitrogen and oxygen atoms in total. The molecule has 1 N–H and O–H groups in total. The molecule has 0 saturated carbocycles. The lowest BCUT2D eigenvalue weighted by atomic mass is 10.1. The van der Waals surface area contributed by atoms with Gasteiger partial charge in [0.25, 0.3) is 11.8 Å². The molecule has 0 spiro atoms. The molecule has 188 valence electrons. The van der Waals surface area contributed by atoms with Gasteiger partial charge in [0.15, 0.2) is 18.1 Å². The SMILES string of the molecule is CCOc1cc(C(=O)Nc2c3c(nn2-c2ccccc2)CCC3)ccc1OCC(=O)N1CCCCC1. The Morgan fingerprint density at radius 2 is 1.75 bits per heavy atom. The zero-order chi connectivity index (χ0) is 24.9. The second-order valence-corrected chi connectivity index (χ2v) is 9.15. The van der Waals surface area contributed by atoms with Crippen molar-refractivity contribution >= 4 is 17.6 Å². The van der Waals surface area contributed by atoms with Crippen molar-refractivity contribution in [3.63, 3.8) is 0 Å². The summed E-state index contributed by atoms with van der Waals surface area (Å²) in [6, 6.07) is 14.9. The van der Waals surface area contributed by atoms with Gasteiger partial charge in [-0.15, -0.1) is 0 Å². The second kappa shape index (κ2) is 10.8. The van der Waals surface area contributed by atoms with Crippen LogP contribution in [0.1, 0.15) is 54.2 Å². The molecule has 2 aromatic carbocycles. The molecule has 0 bridgehead atoms. The van der Waals surface area contributed by atoms with Crippen molar-refractivity contribution in [3.05, 3.63) is 65.4 Å². The predicted octanol–water partition coefficient (Wildman–Crippen LogP) is 4.40. The highest BCUT2D eigenvalue weighted by molar-refractivity contribution is 6.04. The standard InChI is InChI=1S/C28H32N4O4/c1-2-35-25-18-20(14-15-24(25)36-19-26(33)31-16-7-4-8-17-31)28(34)29-27-22-12-9-13-23(22)30-32(27)21-10-5-3-6-11-21/h3,5-6,10-11,14-15,18H,2,4,7-9,12-13,16-17,19H2,1H3,(H,29,34). The van der Waals surface area contributed by atoms with Crippen LogP contribution in [-0.4, -0.2) is 52.8 Å². The van der Waals surface area contributed by atoms with E-state index in [0.29, 0.717) is 29.5 Å². The van der Waals surface area contributed by atoms with Crippen LogP contribution >= 0.6 is 0 Å². The van der Waals surface area contributed by atoms with Crippen molar-refractivity contribution in [2.45, 2.75) is 45.4 Å². The van der Waals surface area contributed by atoms with E-state index in [4.69, 9.17) is 14.6 Å². The molecular formula is C28H32N4O4. The van der Waals surface area contributed by atoms with Gasteiger partial charge in [-0.25, -0.2) is 4.68 Å². The van der Waals surface area contributed by atoms with Crippen molar-refractivity contribution in [1.82, 2.24) is 14.7 Å². The van der Waals surface area contributed by atoms with E-state index in [0.717, 1.165) is 68.6 Å². The number of hydrogen-bond acceptors (Lipinski definition) is 5. The molecule has 8 heteroatoms. The highest BCUT2D eigenvalue weighted by Gasteiger charge is 2.25. The number of anilines is 1. The van der Waals surface area contributed by atoms with E-state index in [1.54, 1.807) is 18.2 Å². The number of carbonyl (C=O) groups excluding carboxylic acids is 2. The largest absolute Gasteiger partial charge is 0.490 e. The number of amides is 2. The first-order chi connectivity index (χ1) is 17.6. The highest BCUT2D eigenvalue weighted by Crippen LogP contribution is 2.33. The quantitative estimate of drug-likeness (QED) is 0.508. The minimum absolute atomic E-state index is 0.0259. The van der Waals surface area contributed by atoms with Gasteiger partial charge in [0.2, 0.25) is 0 Å². The van der Waals surface area contributed by atoms with Crippen LogP contribution in [0.15, 0.2) is 48.5 Å². The summed E-state index contributed by atoms with van der Waals surface area (Å²) in [7, 11) is 0. The van der Waals surface area contributed by atoms with Crippen LogP contribution in [0.4, 0.5) is 5.82 Å². The number of carbonyl (C=O) groups is 2. The molecule has 0 unspecified atom stereocenters. The number of para-hydroxylation sites is 1. The smallest absolute Gasteiger partial charge is 0.260 e. The maximum absolute atomic E-state index is 13.3. The number of ether oxygens (including phenoxy) is 2. The van der Waals surface area contributed by atoms with Gasteiger partial charge >= 0.3 is 0 Å². The Hall–Kier alpha value is -3.81. The van der Waals surface area contributed by atoms with E-state index in [1.165, 1.54) is 0 Å². The summed E-state index contributed by atoms with van der Waals surface area (Å²) in [5.74, 6) is 1.33. The molecule has 36 heavy (non-hydrogen) atoms. The molecule has 0 radical (unpaired) electrons. The van der Waals surface area contributed by atoms with Crippen LogP contribution in [0.25, 0.3) is 5.69 Å². The Labute approximate surface area is 211 Å². The molecule has 1 aliphatic heterocycles. The fourth-order valence-corrected chi connectivity index (χ4v) is 4.87. The summed E-state index contributed by atoms with van der Waals surface area (Å²) in [4.78, 5) is 27.7. The van der Waals surface area contributed by atoms with E-state index in [9.17, 15) is 9.59 Å². The molecular weight excluding hydrogens is 456 g/mol. The third-order valence-electron chi connectivity index (χ3n) is 6.71.